The van der Waals surface area contributed by atoms with E-state index in [1.807, 2.05) is 42.5 Å². The number of hydrogen-bond donors (Lipinski definition) is 1. The minimum absolute atomic E-state index is 0.0671. The van der Waals surface area contributed by atoms with Gasteiger partial charge >= 0.3 is 0 Å². The van der Waals surface area contributed by atoms with Gasteiger partial charge in [0.2, 0.25) is 0 Å². The Bertz CT molecular complexity index is 623. The van der Waals surface area contributed by atoms with Crippen molar-refractivity contribution in [2.24, 2.45) is 0 Å². The lowest BCUT2D eigenvalue weighted by Crippen LogP contribution is -2.17. The summed E-state index contributed by atoms with van der Waals surface area (Å²) in [5.41, 5.74) is 1.80. The van der Waals surface area contributed by atoms with Crippen molar-refractivity contribution in [1.82, 2.24) is 4.98 Å². The smallest absolute Gasteiger partial charge is 0.262 e. The van der Waals surface area contributed by atoms with Crippen molar-refractivity contribution in [2.75, 3.05) is 5.32 Å². The van der Waals surface area contributed by atoms with Crippen LogP contribution >= 0.6 is 11.8 Å². The first-order chi connectivity index (χ1) is 8.83. The second kappa shape index (κ2) is 4.66. The van der Waals surface area contributed by atoms with E-state index in [2.05, 4.69) is 10.3 Å². The third-order valence-electron chi connectivity index (χ3n) is 2.56. The molecule has 1 aromatic heterocycles. The summed E-state index contributed by atoms with van der Waals surface area (Å²) in [4.78, 5) is 17.7. The van der Waals surface area contributed by atoms with Gasteiger partial charge in [-0.1, -0.05) is 30.0 Å². The van der Waals surface area contributed by atoms with Crippen LogP contribution in [0.3, 0.4) is 0 Å². The Labute approximate surface area is 109 Å². The van der Waals surface area contributed by atoms with Crippen molar-refractivity contribution in [1.29, 1.82) is 0 Å². The molecule has 0 atom stereocenters. The van der Waals surface area contributed by atoms with Crippen LogP contribution < -0.4 is 5.32 Å². The third-order valence-corrected chi connectivity index (χ3v) is 3.66. The van der Waals surface area contributed by atoms with Gasteiger partial charge in [-0.15, -0.1) is 0 Å². The number of hydrogen-bond acceptors (Lipinski definition) is 3. The Morgan fingerprint density at radius 2 is 2.06 bits per heavy atom. The molecule has 1 N–H and O–H groups in total. The lowest BCUT2D eigenvalue weighted by atomic mass is 10.2. The van der Waals surface area contributed by atoms with Gasteiger partial charge in [0.05, 0.1) is 10.6 Å². The van der Waals surface area contributed by atoms with Crippen molar-refractivity contribution >= 4 is 29.4 Å². The number of rotatable bonds is 1. The predicted molar refractivity (Wildman–Crippen MR) is 73.1 cm³/mol. The maximum absolute atomic E-state index is 11.9. The predicted octanol–water partition coefficient (Wildman–Crippen LogP) is 3.17. The van der Waals surface area contributed by atoms with Crippen LogP contribution in [0.5, 0.6) is 0 Å². The molecule has 2 heterocycles. The summed E-state index contributed by atoms with van der Waals surface area (Å²) >= 11 is 1.48. The molecule has 4 heteroatoms. The molecule has 3 rings (SSSR count). The van der Waals surface area contributed by atoms with Crippen molar-refractivity contribution in [2.45, 2.75) is 4.90 Å². The van der Waals surface area contributed by atoms with Crippen LogP contribution in [0.15, 0.2) is 58.6 Å². The summed E-state index contributed by atoms with van der Waals surface area (Å²) in [7, 11) is 0. The molecule has 1 aromatic carbocycles. The van der Waals surface area contributed by atoms with Gasteiger partial charge in [-0.25, -0.2) is 0 Å². The van der Waals surface area contributed by atoms with Crippen LogP contribution in [-0.2, 0) is 4.79 Å². The molecule has 0 bridgehead atoms. The molecule has 1 aliphatic rings. The number of fused-ring (bicyclic) bond motifs is 1. The fraction of sp³-hybridized carbons (Fsp3) is 0. The molecule has 0 radical (unpaired) electrons. The monoisotopic (exact) mass is 254 g/mol. The number of amides is 1. The summed E-state index contributed by atoms with van der Waals surface area (Å²) in [6.07, 6.45) is 5.30. The average molecular weight is 254 g/mol. The maximum atomic E-state index is 11.9. The molecule has 0 unspecified atom stereocenters. The van der Waals surface area contributed by atoms with E-state index in [9.17, 15) is 4.79 Å². The van der Waals surface area contributed by atoms with Gasteiger partial charge in [0.15, 0.2) is 0 Å². The van der Waals surface area contributed by atoms with E-state index in [1.165, 1.54) is 11.8 Å². The van der Waals surface area contributed by atoms with Crippen LogP contribution in [0, 0.1) is 0 Å². The van der Waals surface area contributed by atoms with Crippen molar-refractivity contribution in [3.63, 3.8) is 0 Å². The van der Waals surface area contributed by atoms with E-state index in [1.54, 1.807) is 12.4 Å². The minimum Gasteiger partial charge on any atom is -0.320 e. The van der Waals surface area contributed by atoms with Gasteiger partial charge in [0.25, 0.3) is 5.91 Å². The second-order valence-corrected chi connectivity index (χ2v) is 4.93. The topological polar surface area (TPSA) is 42.0 Å². The first-order valence-corrected chi connectivity index (χ1v) is 6.34. The fourth-order valence-corrected chi connectivity index (χ4v) is 2.67. The van der Waals surface area contributed by atoms with Crippen LogP contribution in [0.25, 0.3) is 6.08 Å². The molecule has 0 aliphatic carbocycles. The minimum atomic E-state index is -0.0671. The Morgan fingerprint density at radius 3 is 2.89 bits per heavy atom. The number of para-hydroxylation sites is 1. The highest BCUT2D eigenvalue weighted by molar-refractivity contribution is 8.04. The third kappa shape index (κ3) is 2.15. The van der Waals surface area contributed by atoms with Crippen LogP contribution in [-0.4, -0.2) is 10.9 Å². The van der Waals surface area contributed by atoms with E-state index >= 15 is 0 Å². The standard InChI is InChI=1S/C14H10N2OS/c17-14-13(8-10-4-3-7-15-9-10)18-12-6-2-1-5-11(12)16-14/h1-9H,(H,16,17)/b13-8-. The largest absolute Gasteiger partial charge is 0.320 e. The first kappa shape index (κ1) is 11.0. The van der Waals surface area contributed by atoms with Gasteiger partial charge < -0.3 is 5.32 Å². The summed E-state index contributed by atoms with van der Waals surface area (Å²) in [5.74, 6) is -0.0671. The molecule has 18 heavy (non-hydrogen) atoms. The second-order valence-electron chi connectivity index (χ2n) is 3.85. The SMILES string of the molecule is O=C1Nc2ccccc2S/C1=C\c1cccnc1. The molecule has 0 saturated carbocycles. The number of nitrogens with one attached hydrogen (secondary N) is 1. The van der Waals surface area contributed by atoms with E-state index in [0.29, 0.717) is 4.91 Å². The molecule has 3 nitrogen and oxygen atoms in total. The lowest BCUT2D eigenvalue weighted by molar-refractivity contribution is -0.112. The molecule has 0 fully saturated rings. The summed E-state index contributed by atoms with van der Waals surface area (Å²) in [6.45, 7) is 0. The zero-order valence-corrected chi connectivity index (χ0v) is 10.3. The van der Waals surface area contributed by atoms with Gasteiger partial charge in [0.1, 0.15) is 0 Å². The summed E-state index contributed by atoms with van der Waals surface area (Å²) in [5, 5.41) is 2.88. The summed E-state index contributed by atoms with van der Waals surface area (Å²) < 4.78 is 0. The molecule has 88 valence electrons. The van der Waals surface area contributed by atoms with Crippen LogP contribution in [0.4, 0.5) is 5.69 Å². The molecular formula is C14H10N2OS. The van der Waals surface area contributed by atoms with Gasteiger partial charge in [-0.05, 0) is 29.8 Å². The highest BCUT2D eigenvalue weighted by atomic mass is 32.2. The van der Waals surface area contributed by atoms with Crippen LogP contribution in [0.1, 0.15) is 5.56 Å². The quantitative estimate of drug-likeness (QED) is 0.795. The molecule has 0 saturated heterocycles. The molecule has 2 aromatic rings. The van der Waals surface area contributed by atoms with E-state index in [0.717, 1.165) is 16.1 Å². The molecule has 1 aliphatic heterocycles. The van der Waals surface area contributed by atoms with Crippen molar-refractivity contribution in [3.8, 4) is 0 Å². The van der Waals surface area contributed by atoms with Gasteiger partial charge in [0, 0.05) is 17.3 Å². The van der Waals surface area contributed by atoms with E-state index in [4.69, 9.17) is 0 Å². The number of thioether (sulfide) groups is 1. The number of anilines is 1. The Kier molecular flexibility index (Phi) is 2.86. The molecule has 0 spiro atoms. The zero-order valence-electron chi connectivity index (χ0n) is 9.46. The number of benzene rings is 1. The zero-order chi connectivity index (χ0) is 12.4. The van der Waals surface area contributed by atoms with Crippen molar-refractivity contribution in [3.05, 3.63) is 59.3 Å². The number of pyridine rings is 1. The summed E-state index contributed by atoms with van der Waals surface area (Å²) in [6, 6.07) is 11.6. The van der Waals surface area contributed by atoms with Crippen molar-refractivity contribution < 1.29 is 4.79 Å². The van der Waals surface area contributed by atoms with Crippen LogP contribution in [0.2, 0.25) is 0 Å². The van der Waals surface area contributed by atoms with E-state index < -0.39 is 0 Å². The number of aromatic nitrogens is 1. The lowest BCUT2D eigenvalue weighted by Gasteiger charge is -2.18. The highest BCUT2D eigenvalue weighted by Gasteiger charge is 2.20. The Morgan fingerprint density at radius 1 is 1.17 bits per heavy atom. The first-order valence-electron chi connectivity index (χ1n) is 5.53. The molecular weight excluding hydrogens is 244 g/mol. The Hall–Kier alpha value is -2.07. The number of carbonyl (C=O) groups is 1. The normalized spacial score (nSPS) is 16.2. The highest BCUT2D eigenvalue weighted by Crippen LogP contribution is 2.38. The van der Waals surface area contributed by atoms with E-state index in [-0.39, 0.29) is 5.91 Å². The fourth-order valence-electron chi connectivity index (χ4n) is 1.72. The van der Waals surface area contributed by atoms with Gasteiger partial charge in [-0.2, -0.15) is 0 Å². The number of carbonyl (C=O) groups excluding carboxylic acids is 1. The Balaban J connectivity index is 1.96. The molecule has 1 amide bonds. The maximum Gasteiger partial charge on any atom is 0.262 e. The van der Waals surface area contributed by atoms with Gasteiger partial charge in [-0.3, -0.25) is 9.78 Å². The average Bonchev–Trinajstić information content (AvgIpc) is 2.41. The number of nitrogens with zero attached hydrogens (tertiary/aromatic N) is 1.